The Bertz CT molecular complexity index is 440. The van der Waals surface area contributed by atoms with Crippen molar-refractivity contribution in [3.8, 4) is 0 Å². The maximum absolute atomic E-state index is 12.1. The highest BCUT2D eigenvalue weighted by Crippen LogP contribution is 2.19. The number of morpholine rings is 1. The number of rotatable bonds is 4. The van der Waals surface area contributed by atoms with Gasteiger partial charge in [-0.05, 0) is 25.4 Å². The van der Waals surface area contributed by atoms with E-state index in [4.69, 9.17) is 16.3 Å². The fraction of sp³-hybridized carbons (Fsp3) is 0.727. The lowest BCUT2D eigenvalue weighted by Gasteiger charge is -2.34. The fourth-order valence-corrected chi connectivity index (χ4v) is 2.81. The number of halogens is 1. The standard InChI is InChI=1S/C11H17ClN4O2S/c1-7(2)13-10(17)8-6-18-4-3-16(8)5-9-14-15-11(12)19-9/h7-8H,3-6H2,1-2H3,(H,13,17). The maximum Gasteiger partial charge on any atom is 0.239 e. The summed E-state index contributed by atoms with van der Waals surface area (Å²) in [4.78, 5) is 14.2. The summed E-state index contributed by atoms with van der Waals surface area (Å²) in [5.41, 5.74) is 0. The van der Waals surface area contributed by atoms with E-state index in [-0.39, 0.29) is 18.0 Å². The van der Waals surface area contributed by atoms with Gasteiger partial charge in [-0.2, -0.15) is 0 Å². The Labute approximate surface area is 121 Å². The van der Waals surface area contributed by atoms with Crippen LogP contribution in [0.2, 0.25) is 4.47 Å². The molecular weight excluding hydrogens is 288 g/mol. The van der Waals surface area contributed by atoms with Crippen LogP contribution in [-0.2, 0) is 16.1 Å². The summed E-state index contributed by atoms with van der Waals surface area (Å²) >= 11 is 7.11. The number of nitrogens with one attached hydrogen (secondary N) is 1. The first-order chi connectivity index (χ1) is 9.06. The van der Waals surface area contributed by atoms with Gasteiger partial charge in [0.05, 0.1) is 19.8 Å². The van der Waals surface area contributed by atoms with Crippen LogP contribution in [0.4, 0.5) is 0 Å². The molecule has 1 atom stereocenters. The average Bonchev–Trinajstić information content (AvgIpc) is 2.74. The highest BCUT2D eigenvalue weighted by molar-refractivity contribution is 7.15. The van der Waals surface area contributed by atoms with Crippen molar-refractivity contribution >= 4 is 28.8 Å². The van der Waals surface area contributed by atoms with Gasteiger partial charge in [0.1, 0.15) is 11.0 Å². The molecule has 0 aliphatic carbocycles. The van der Waals surface area contributed by atoms with Crippen LogP contribution in [0.3, 0.4) is 0 Å². The number of hydrogen-bond donors (Lipinski definition) is 1. The van der Waals surface area contributed by atoms with Gasteiger partial charge in [-0.1, -0.05) is 11.3 Å². The van der Waals surface area contributed by atoms with Crippen molar-refractivity contribution in [1.29, 1.82) is 0 Å². The number of ether oxygens (including phenoxy) is 1. The molecule has 2 heterocycles. The second-order valence-electron chi connectivity index (χ2n) is 4.67. The van der Waals surface area contributed by atoms with E-state index in [1.54, 1.807) is 0 Å². The lowest BCUT2D eigenvalue weighted by Crippen LogP contribution is -2.54. The van der Waals surface area contributed by atoms with Gasteiger partial charge in [0.25, 0.3) is 0 Å². The summed E-state index contributed by atoms with van der Waals surface area (Å²) in [6, 6.07) is -0.161. The summed E-state index contributed by atoms with van der Waals surface area (Å²) < 4.78 is 5.82. The van der Waals surface area contributed by atoms with Gasteiger partial charge in [-0.3, -0.25) is 9.69 Å². The molecule has 0 radical (unpaired) electrons. The Hall–Kier alpha value is -0.760. The lowest BCUT2D eigenvalue weighted by atomic mass is 10.2. The van der Waals surface area contributed by atoms with Crippen LogP contribution in [0.25, 0.3) is 0 Å². The van der Waals surface area contributed by atoms with Crippen LogP contribution >= 0.6 is 22.9 Å². The third-order valence-electron chi connectivity index (χ3n) is 2.75. The van der Waals surface area contributed by atoms with Gasteiger partial charge in [0, 0.05) is 12.6 Å². The first kappa shape index (κ1) is 14.6. The van der Waals surface area contributed by atoms with E-state index in [1.807, 2.05) is 13.8 Å². The Morgan fingerprint density at radius 3 is 3.05 bits per heavy atom. The van der Waals surface area contributed by atoms with E-state index < -0.39 is 0 Å². The number of amides is 1. The smallest absolute Gasteiger partial charge is 0.239 e. The zero-order valence-corrected chi connectivity index (χ0v) is 12.5. The van der Waals surface area contributed by atoms with Crippen molar-refractivity contribution in [3.63, 3.8) is 0 Å². The van der Waals surface area contributed by atoms with E-state index in [0.717, 1.165) is 5.01 Å². The molecule has 1 unspecified atom stereocenters. The molecule has 1 aromatic rings. The van der Waals surface area contributed by atoms with E-state index in [1.165, 1.54) is 11.3 Å². The molecule has 0 spiro atoms. The molecule has 1 amide bonds. The van der Waals surface area contributed by atoms with Crippen molar-refractivity contribution in [3.05, 3.63) is 9.47 Å². The van der Waals surface area contributed by atoms with Crippen molar-refractivity contribution in [2.45, 2.75) is 32.5 Å². The van der Waals surface area contributed by atoms with Crippen molar-refractivity contribution in [2.24, 2.45) is 0 Å². The highest BCUT2D eigenvalue weighted by Gasteiger charge is 2.30. The van der Waals surface area contributed by atoms with Crippen LogP contribution in [0.1, 0.15) is 18.9 Å². The highest BCUT2D eigenvalue weighted by atomic mass is 35.5. The number of carbonyl (C=O) groups is 1. The van der Waals surface area contributed by atoms with Gasteiger partial charge < -0.3 is 10.1 Å². The van der Waals surface area contributed by atoms with Crippen molar-refractivity contribution in [1.82, 2.24) is 20.4 Å². The number of aromatic nitrogens is 2. The lowest BCUT2D eigenvalue weighted by molar-refractivity contribution is -0.133. The van der Waals surface area contributed by atoms with Crippen molar-refractivity contribution in [2.75, 3.05) is 19.8 Å². The second kappa shape index (κ2) is 6.60. The van der Waals surface area contributed by atoms with Gasteiger partial charge in [0.15, 0.2) is 0 Å². The Kier molecular flexibility index (Phi) is 5.09. The minimum atomic E-state index is -0.279. The van der Waals surface area contributed by atoms with Crippen LogP contribution in [0.15, 0.2) is 0 Å². The molecule has 19 heavy (non-hydrogen) atoms. The van der Waals surface area contributed by atoms with Crippen LogP contribution in [0.5, 0.6) is 0 Å². The average molecular weight is 305 g/mol. The maximum atomic E-state index is 12.1. The summed E-state index contributed by atoms with van der Waals surface area (Å²) in [7, 11) is 0. The van der Waals surface area contributed by atoms with Crippen molar-refractivity contribution < 1.29 is 9.53 Å². The van der Waals surface area contributed by atoms with Gasteiger partial charge in [-0.15, -0.1) is 10.2 Å². The predicted molar refractivity (Wildman–Crippen MR) is 73.2 cm³/mol. The number of nitrogens with zero attached hydrogens (tertiary/aromatic N) is 3. The molecule has 8 heteroatoms. The van der Waals surface area contributed by atoms with E-state index >= 15 is 0 Å². The first-order valence-corrected chi connectivity index (χ1v) is 7.35. The molecule has 0 bridgehead atoms. The van der Waals surface area contributed by atoms with Gasteiger partial charge in [0.2, 0.25) is 10.4 Å². The Morgan fingerprint density at radius 2 is 2.42 bits per heavy atom. The van der Waals surface area contributed by atoms with E-state index in [9.17, 15) is 4.79 Å². The molecule has 1 fully saturated rings. The van der Waals surface area contributed by atoms with Crippen LogP contribution in [-0.4, -0.2) is 52.8 Å². The normalized spacial score (nSPS) is 20.7. The predicted octanol–water partition coefficient (Wildman–Crippen LogP) is 0.917. The zero-order valence-electron chi connectivity index (χ0n) is 10.9. The summed E-state index contributed by atoms with van der Waals surface area (Å²) in [5, 5.41) is 11.5. The Balaban J connectivity index is 2.01. The minimum absolute atomic E-state index is 0.00897. The second-order valence-corrected chi connectivity index (χ2v) is 6.32. The molecule has 0 saturated carbocycles. The molecule has 6 nitrogen and oxygen atoms in total. The van der Waals surface area contributed by atoms with E-state index in [2.05, 4.69) is 20.4 Å². The number of hydrogen-bond acceptors (Lipinski definition) is 6. The summed E-state index contributed by atoms with van der Waals surface area (Å²) in [6.07, 6.45) is 0. The quantitative estimate of drug-likeness (QED) is 0.896. The molecular formula is C11H17ClN4O2S. The monoisotopic (exact) mass is 304 g/mol. The first-order valence-electron chi connectivity index (χ1n) is 6.16. The number of carbonyl (C=O) groups excluding carboxylic acids is 1. The molecule has 1 saturated heterocycles. The third kappa shape index (κ3) is 4.10. The topological polar surface area (TPSA) is 67.3 Å². The zero-order chi connectivity index (χ0) is 13.8. The molecule has 1 aliphatic heterocycles. The molecule has 1 aromatic heterocycles. The Morgan fingerprint density at radius 1 is 1.63 bits per heavy atom. The van der Waals surface area contributed by atoms with Crippen LogP contribution in [0, 0.1) is 0 Å². The minimum Gasteiger partial charge on any atom is -0.378 e. The fourth-order valence-electron chi connectivity index (χ4n) is 1.92. The van der Waals surface area contributed by atoms with Crippen LogP contribution < -0.4 is 5.32 Å². The molecule has 2 rings (SSSR count). The summed E-state index contributed by atoms with van der Waals surface area (Å²) in [5.74, 6) is -0.00897. The van der Waals surface area contributed by atoms with Gasteiger partial charge >= 0.3 is 0 Å². The molecule has 1 aliphatic rings. The SMILES string of the molecule is CC(C)NC(=O)C1COCCN1Cc1nnc(Cl)s1. The third-order valence-corrected chi connectivity index (χ3v) is 3.76. The molecule has 1 N–H and O–H groups in total. The van der Waals surface area contributed by atoms with Gasteiger partial charge in [-0.25, -0.2) is 0 Å². The molecule has 0 aromatic carbocycles. The largest absolute Gasteiger partial charge is 0.378 e. The van der Waals surface area contributed by atoms with E-state index in [0.29, 0.717) is 30.8 Å². The summed E-state index contributed by atoms with van der Waals surface area (Å²) in [6.45, 7) is 6.19. The molecule has 106 valence electrons.